The summed E-state index contributed by atoms with van der Waals surface area (Å²) >= 11 is 0. The Morgan fingerprint density at radius 3 is 2.38 bits per heavy atom. The maximum absolute atomic E-state index is 13.7. The molecule has 1 saturated heterocycles. The van der Waals surface area contributed by atoms with E-state index >= 15 is 0 Å². The third-order valence-electron chi connectivity index (χ3n) is 5.85. The van der Waals surface area contributed by atoms with Crippen molar-refractivity contribution < 1.29 is 13.2 Å². The number of aromatic nitrogens is 8. The number of alkyl halides is 3. The zero-order valence-electron chi connectivity index (χ0n) is 19.3. The van der Waals surface area contributed by atoms with E-state index in [2.05, 4.69) is 40.7 Å². The molecule has 2 N–H and O–H groups in total. The molecule has 0 saturated carbocycles. The average molecular weight is 507 g/mol. The summed E-state index contributed by atoms with van der Waals surface area (Å²) in [4.78, 5) is 23.6. The summed E-state index contributed by atoms with van der Waals surface area (Å²) in [5.41, 5.74) is 0.930. The third kappa shape index (κ3) is 4.85. The van der Waals surface area contributed by atoms with Gasteiger partial charge in [-0.2, -0.15) is 33.2 Å². The minimum absolute atomic E-state index is 0.102. The number of halogens is 3. The van der Waals surface area contributed by atoms with E-state index in [9.17, 15) is 13.2 Å². The number of nitrogens with one attached hydrogen (secondary N) is 2. The van der Waals surface area contributed by atoms with Crippen LogP contribution in [0.4, 0.5) is 42.4 Å². The van der Waals surface area contributed by atoms with Gasteiger partial charge in [0.2, 0.25) is 17.8 Å². The number of imidazole rings is 1. The van der Waals surface area contributed by atoms with Crippen LogP contribution in [0, 0.1) is 0 Å². The second-order valence-corrected chi connectivity index (χ2v) is 8.44. The van der Waals surface area contributed by atoms with Crippen LogP contribution in [-0.4, -0.2) is 52.2 Å². The molecule has 6 rings (SSSR count). The van der Waals surface area contributed by atoms with Crippen molar-refractivity contribution in [3.05, 3.63) is 67.1 Å². The highest BCUT2D eigenvalue weighted by atomic mass is 19.4. The van der Waals surface area contributed by atoms with Gasteiger partial charge < -0.3 is 19.9 Å². The summed E-state index contributed by atoms with van der Waals surface area (Å²) in [6, 6.07) is 7.20. The number of fused-ring (bicyclic) bond motifs is 1. The molecule has 1 aliphatic rings. The van der Waals surface area contributed by atoms with Crippen LogP contribution >= 0.6 is 0 Å². The van der Waals surface area contributed by atoms with Gasteiger partial charge in [-0.15, -0.1) is 0 Å². The topological polar surface area (TPSA) is 114 Å². The highest BCUT2D eigenvalue weighted by Crippen LogP contribution is 2.33. The molecule has 0 aliphatic carbocycles. The van der Waals surface area contributed by atoms with Crippen molar-refractivity contribution in [2.24, 2.45) is 0 Å². The van der Waals surface area contributed by atoms with Crippen molar-refractivity contribution in [2.45, 2.75) is 19.0 Å². The maximum Gasteiger partial charge on any atom is 0.416 e. The van der Waals surface area contributed by atoms with Crippen molar-refractivity contribution in [3.63, 3.8) is 0 Å². The molecule has 0 atom stereocenters. The Balaban J connectivity index is 1.37. The summed E-state index contributed by atoms with van der Waals surface area (Å²) in [6.45, 7) is 1.56. The number of nitrogens with zero attached hydrogens (tertiary/aromatic N) is 9. The Labute approximate surface area is 208 Å². The fraction of sp³-hybridized carbons (Fsp3) is 0.217. The summed E-state index contributed by atoms with van der Waals surface area (Å²) in [5, 5.41) is 10.0. The Morgan fingerprint density at radius 1 is 0.865 bits per heavy atom. The standard InChI is InChI=1S/C23H20F3N11/c24-23(25,26)15-9-17(11-18(10-15)37-14-27-13-29-37)31-21-32-20(33-22(34-21)36-5-1-2-6-36)30-16-3-7-35-8-4-28-19(35)12-16/h3-4,7-14H,1-2,5-6H2,(H2,30,31,32,33,34). The summed E-state index contributed by atoms with van der Waals surface area (Å²) < 4.78 is 44.1. The summed E-state index contributed by atoms with van der Waals surface area (Å²) in [7, 11) is 0. The third-order valence-corrected chi connectivity index (χ3v) is 5.85. The van der Waals surface area contributed by atoms with Crippen LogP contribution in [0.1, 0.15) is 18.4 Å². The first kappa shape index (κ1) is 22.7. The van der Waals surface area contributed by atoms with Crippen molar-refractivity contribution >= 4 is 34.9 Å². The van der Waals surface area contributed by atoms with E-state index in [1.165, 1.54) is 23.4 Å². The lowest BCUT2D eigenvalue weighted by Crippen LogP contribution is -2.22. The second-order valence-electron chi connectivity index (χ2n) is 8.44. The summed E-state index contributed by atoms with van der Waals surface area (Å²) in [5.74, 6) is 0.784. The lowest BCUT2D eigenvalue weighted by atomic mass is 10.1. The predicted octanol–water partition coefficient (Wildman–Crippen LogP) is 4.21. The van der Waals surface area contributed by atoms with E-state index in [4.69, 9.17) is 0 Å². The quantitative estimate of drug-likeness (QED) is 0.349. The normalized spacial score (nSPS) is 13.9. The minimum atomic E-state index is -4.56. The molecule has 0 bridgehead atoms. The Kier molecular flexibility index (Phi) is 5.54. The van der Waals surface area contributed by atoms with Gasteiger partial charge in [-0.25, -0.2) is 14.6 Å². The van der Waals surface area contributed by atoms with E-state index in [0.717, 1.165) is 43.7 Å². The number of rotatable bonds is 6. The van der Waals surface area contributed by atoms with Gasteiger partial charge in [0.1, 0.15) is 18.3 Å². The molecule has 1 aliphatic heterocycles. The van der Waals surface area contributed by atoms with Crippen molar-refractivity contribution in [2.75, 3.05) is 28.6 Å². The Hall–Kier alpha value is -4.75. The molecular weight excluding hydrogens is 487 g/mol. The number of hydrogen-bond acceptors (Lipinski definition) is 9. The average Bonchev–Trinajstić information content (AvgIpc) is 3.66. The number of anilines is 5. The molecule has 188 valence electrons. The smallest absolute Gasteiger partial charge is 0.341 e. The molecule has 5 aromatic rings. The maximum atomic E-state index is 13.7. The number of benzene rings is 1. The first-order valence-electron chi connectivity index (χ1n) is 11.5. The highest BCUT2D eigenvalue weighted by molar-refractivity contribution is 5.64. The second kappa shape index (κ2) is 9.04. The predicted molar refractivity (Wildman–Crippen MR) is 129 cm³/mol. The van der Waals surface area contributed by atoms with Crippen LogP contribution in [0.2, 0.25) is 0 Å². The van der Waals surface area contributed by atoms with Crippen molar-refractivity contribution in [1.82, 2.24) is 39.1 Å². The van der Waals surface area contributed by atoms with Crippen LogP contribution in [-0.2, 0) is 6.18 Å². The molecule has 0 amide bonds. The first-order chi connectivity index (χ1) is 17.9. The van der Waals surface area contributed by atoms with Crippen molar-refractivity contribution in [3.8, 4) is 5.69 Å². The number of hydrogen-bond donors (Lipinski definition) is 2. The van der Waals surface area contributed by atoms with Gasteiger partial charge in [0.25, 0.3) is 0 Å². The van der Waals surface area contributed by atoms with Gasteiger partial charge in [0.15, 0.2) is 0 Å². The van der Waals surface area contributed by atoms with Gasteiger partial charge >= 0.3 is 6.18 Å². The minimum Gasteiger partial charge on any atom is -0.341 e. The van der Waals surface area contributed by atoms with Crippen LogP contribution in [0.3, 0.4) is 0 Å². The molecular formula is C23H20F3N11. The van der Waals surface area contributed by atoms with E-state index in [0.29, 0.717) is 11.6 Å². The Bertz CT molecular complexity index is 1540. The van der Waals surface area contributed by atoms with Gasteiger partial charge in [0, 0.05) is 49.1 Å². The molecule has 4 aromatic heterocycles. The van der Waals surface area contributed by atoms with E-state index in [1.807, 2.05) is 33.8 Å². The molecule has 1 aromatic carbocycles. The lowest BCUT2D eigenvalue weighted by molar-refractivity contribution is -0.137. The Morgan fingerprint density at radius 2 is 1.65 bits per heavy atom. The van der Waals surface area contributed by atoms with Gasteiger partial charge in [0.05, 0.1) is 11.3 Å². The molecule has 37 heavy (non-hydrogen) atoms. The largest absolute Gasteiger partial charge is 0.416 e. The highest BCUT2D eigenvalue weighted by Gasteiger charge is 2.31. The SMILES string of the molecule is FC(F)(F)c1cc(Nc2nc(Nc3ccn4ccnc4c3)nc(N3CCCC3)n2)cc(-n2cncn2)c1. The van der Waals surface area contributed by atoms with Gasteiger partial charge in [-0.1, -0.05) is 0 Å². The molecule has 0 unspecified atom stereocenters. The monoisotopic (exact) mass is 507 g/mol. The van der Waals surface area contributed by atoms with E-state index in [-0.39, 0.29) is 23.3 Å². The van der Waals surface area contributed by atoms with Gasteiger partial charge in [-0.3, -0.25) is 0 Å². The fourth-order valence-corrected chi connectivity index (χ4v) is 4.10. The van der Waals surface area contributed by atoms with Crippen LogP contribution in [0.5, 0.6) is 0 Å². The van der Waals surface area contributed by atoms with Gasteiger partial charge in [-0.05, 0) is 37.1 Å². The van der Waals surface area contributed by atoms with Crippen LogP contribution in [0.25, 0.3) is 11.3 Å². The van der Waals surface area contributed by atoms with Crippen LogP contribution < -0.4 is 15.5 Å². The van der Waals surface area contributed by atoms with Crippen LogP contribution in [0.15, 0.2) is 61.6 Å². The summed E-state index contributed by atoms with van der Waals surface area (Å²) in [6.07, 6.45) is 5.39. The molecule has 5 heterocycles. The molecule has 14 heteroatoms. The van der Waals surface area contributed by atoms with E-state index in [1.54, 1.807) is 6.20 Å². The molecule has 0 spiro atoms. The first-order valence-corrected chi connectivity index (χ1v) is 11.5. The fourth-order valence-electron chi connectivity index (χ4n) is 4.10. The zero-order chi connectivity index (χ0) is 25.4. The zero-order valence-corrected chi connectivity index (χ0v) is 19.3. The van der Waals surface area contributed by atoms with E-state index < -0.39 is 11.7 Å². The number of pyridine rings is 1. The molecule has 11 nitrogen and oxygen atoms in total. The van der Waals surface area contributed by atoms with Crippen molar-refractivity contribution in [1.29, 1.82) is 0 Å². The molecule has 0 radical (unpaired) electrons. The lowest BCUT2D eigenvalue weighted by Gasteiger charge is -2.18. The molecule has 1 fully saturated rings.